The third-order valence-corrected chi connectivity index (χ3v) is 4.12. The molecule has 0 aromatic heterocycles. The van der Waals surface area contributed by atoms with E-state index in [4.69, 9.17) is 0 Å². The number of carbonyl (C=O) groups is 1. The summed E-state index contributed by atoms with van der Waals surface area (Å²) in [4.78, 5) is 11.6. The maximum atomic E-state index is 12.8. The van der Waals surface area contributed by atoms with Crippen LogP contribution in [-0.4, -0.2) is 56.2 Å². The first kappa shape index (κ1) is 14.2. The predicted molar refractivity (Wildman–Crippen MR) is 50.8 cm³/mol. The Morgan fingerprint density at radius 1 is 1.18 bits per heavy atom. The molecule has 4 nitrogen and oxygen atoms in total. The van der Waals surface area contributed by atoms with Gasteiger partial charge in [-0.1, -0.05) is 0 Å². The van der Waals surface area contributed by atoms with E-state index in [2.05, 4.69) is 0 Å². The molecule has 0 spiro atoms. The summed E-state index contributed by atoms with van der Waals surface area (Å²) in [6, 6.07) is 0. The van der Waals surface area contributed by atoms with Crippen LogP contribution in [0, 0.1) is 0 Å². The van der Waals surface area contributed by atoms with Crippen molar-refractivity contribution < 1.29 is 30.8 Å². The Labute approximate surface area is 95.5 Å². The smallest absolute Gasteiger partial charge is 0.336 e. The number of alkyl halides is 4. The second-order valence-electron chi connectivity index (χ2n) is 3.72. The van der Waals surface area contributed by atoms with E-state index in [9.17, 15) is 30.8 Å². The lowest BCUT2D eigenvalue weighted by molar-refractivity contribution is -0.180. The molecule has 1 aliphatic rings. The zero-order valence-corrected chi connectivity index (χ0v) is 9.52. The molecule has 1 fully saturated rings. The number of sulfone groups is 1. The van der Waals surface area contributed by atoms with Gasteiger partial charge in [-0.05, 0) is 6.42 Å². The van der Waals surface area contributed by atoms with Crippen LogP contribution in [0.2, 0.25) is 0 Å². The Kier molecular flexibility index (Phi) is 4.00. The van der Waals surface area contributed by atoms with Gasteiger partial charge < -0.3 is 4.90 Å². The fraction of sp³-hybridized carbons (Fsp3) is 0.875. The number of rotatable bonds is 2. The van der Waals surface area contributed by atoms with Crippen molar-refractivity contribution in [2.45, 2.75) is 18.8 Å². The second-order valence-corrected chi connectivity index (χ2v) is 6.02. The molecule has 0 bridgehead atoms. The largest absolute Gasteiger partial charge is 0.383 e. The molecular weight excluding hydrogens is 266 g/mol. The van der Waals surface area contributed by atoms with E-state index in [0.29, 0.717) is 4.90 Å². The topological polar surface area (TPSA) is 54.5 Å². The lowest BCUT2D eigenvalue weighted by Gasteiger charge is -2.24. The lowest BCUT2D eigenvalue weighted by Crippen LogP contribution is -2.48. The first-order valence-electron chi connectivity index (χ1n) is 4.82. The highest BCUT2D eigenvalue weighted by Crippen LogP contribution is 2.26. The van der Waals surface area contributed by atoms with Gasteiger partial charge in [0.05, 0.1) is 11.5 Å². The molecule has 1 amide bonds. The molecule has 0 aromatic carbocycles. The summed E-state index contributed by atoms with van der Waals surface area (Å²) in [5.74, 6) is -7.46. The van der Waals surface area contributed by atoms with Gasteiger partial charge in [-0.3, -0.25) is 4.79 Å². The van der Waals surface area contributed by atoms with E-state index < -0.39 is 40.4 Å². The van der Waals surface area contributed by atoms with Gasteiger partial charge >= 0.3 is 12.3 Å². The van der Waals surface area contributed by atoms with Crippen molar-refractivity contribution in [3.63, 3.8) is 0 Å². The van der Waals surface area contributed by atoms with Crippen molar-refractivity contribution >= 4 is 15.7 Å². The average Bonchev–Trinajstić information content (AvgIpc) is 2.38. The number of hydrogen-bond donors (Lipinski definition) is 0. The molecule has 0 radical (unpaired) electrons. The minimum atomic E-state index is -4.76. The molecule has 0 N–H and O–H groups in total. The predicted octanol–water partition coefficient (Wildman–Crippen LogP) is 0.534. The summed E-state index contributed by atoms with van der Waals surface area (Å²) in [7, 11) is -3.38. The third kappa shape index (κ3) is 3.30. The highest BCUT2D eigenvalue weighted by molar-refractivity contribution is 7.91. The molecule has 0 aliphatic carbocycles. The first-order chi connectivity index (χ1) is 7.67. The van der Waals surface area contributed by atoms with E-state index in [1.165, 1.54) is 0 Å². The van der Waals surface area contributed by atoms with Crippen molar-refractivity contribution in [3.05, 3.63) is 0 Å². The molecule has 0 saturated carbocycles. The SMILES string of the molecule is O=C(N1CCCS(=O)(=O)CC1)C(F)(F)C(F)F. The number of halogens is 4. The zero-order valence-electron chi connectivity index (χ0n) is 8.70. The number of nitrogens with zero attached hydrogens (tertiary/aromatic N) is 1. The molecule has 9 heteroatoms. The molecular formula is C8H11F4NO3S. The summed E-state index contributed by atoms with van der Waals surface area (Å²) < 4.78 is 71.7. The monoisotopic (exact) mass is 277 g/mol. The normalized spacial score (nSPS) is 21.4. The van der Waals surface area contributed by atoms with Gasteiger partial charge in [-0.15, -0.1) is 0 Å². The van der Waals surface area contributed by atoms with E-state index in [1.54, 1.807) is 0 Å². The minimum absolute atomic E-state index is 0.0204. The summed E-state index contributed by atoms with van der Waals surface area (Å²) >= 11 is 0. The zero-order chi connectivity index (χ0) is 13.3. The standard InChI is InChI=1S/C8H11F4NO3S/c9-6(10)8(11,12)7(14)13-2-1-4-17(15,16)5-3-13/h6H,1-5H2. The maximum Gasteiger partial charge on any atom is 0.383 e. The molecule has 100 valence electrons. The molecule has 0 atom stereocenters. The summed E-state index contributed by atoms with van der Waals surface area (Å²) in [6.07, 6.45) is -4.11. The molecule has 0 aromatic rings. The number of hydrogen-bond acceptors (Lipinski definition) is 3. The van der Waals surface area contributed by atoms with Crippen LogP contribution < -0.4 is 0 Å². The average molecular weight is 277 g/mol. The van der Waals surface area contributed by atoms with Crippen LogP contribution in [0.1, 0.15) is 6.42 Å². The van der Waals surface area contributed by atoms with Crippen LogP contribution in [0.3, 0.4) is 0 Å². The molecule has 1 saturated heterocycles. The number of amides is 1. The summed E-state index contributed by atoms with van der Waals surface area (Å²) in [5.41, 5.74) is 0. The van der Waals surface area contributed by atoms with Gasteiger partial charge in [0.15, 0.2) is 9.84 Å². The maximum absolute atomic E-state index is 12.8. The summed E-state index contributed by atoms with van der Waals surface area (Å²) in [6.45, 7) is -0.718. The van der Waals surface area contributed by atoms with Crippen molar-refractivity contribution in [2.75, 3.05) is 24.6 Å². The minimum Gasteiger partial charge on any atom is -0.336 e. The Morgan fingerprint density at radius 3 is 2.29 bits per heavy atom. The lowest BCUT2D eigenvalue weighted by atomic mass is 10.2. The molecule has 1 aliphatic heterocycles. The molecule has 1 heterocycles. The fourth-order valence-electron chi connectivity index (χ4n) is 1.45. The van der Waals surface area contributed by atoms with Crippen LogP contribution in [0.4, 0.5) is 17.6 Å². The van der Waals surface area contributed by atoms with Crippen molar-refractivity contribution in [3.8, 4) is 0 Å². The van der Waals surface area contributed by atoms with Gasteiger partial charge in [0, 0.05) is 13.1 Å². The molecule has 0 unspecified atom stereocenters. The van der Waals surface area contributed by atoms with Gasteiger partial charge in [0.2, 0.25) is 0 Å². The Bertz CT molecular complexity index is 396. The van der Waals surface area contributed by atoms with Gasteiger partial charge in [0.1, 0.15) is 0 Å². The van der Waals surface area contributed by atoms with Gasteiger partial charge in [-0.25, -0.2) is 17.2 Å². The van der Waals surface area contributed by atoms with Crippen LogP contribution >= 0.6 is 0 Å². The van der Waals surface area contributed by atoms with Crippen molar-refractivity contribution in [1.82, 2.24) is 4.90 Å². The highest BCUT2D eigenvalue weighted by Gasteiger charge is 2.51. The fourth-order valence-corrected chi connectivity index (χ4v) is 2.72. The third-order valence-electron chi connectivity index (χ3n) is 2.40. The Balaban J connectivity index is 2.78. The summed E-state index contributed by atoms with van der Waals surface area (Å²) in [5, 5.41) is 0. The highest BCUT2D eigenvalue weighted by atomic mass is 32.2. The van der Waals surface area contributed by atoms with Gasteiger partial charge in [-0.2, -0.15) is 8.78 Å². The second kappa shape index (κ2) is 4.79. The Morgan fingerprint density at radius 2 is 1.76 bits per heavy atom. The van der Waals surface area contributed by atoms with Crippen LogP contribution in [0.5, 0.6) is 0 Å². The molecule has 1 rings (SSSR count). The Hall–Kier alpha value is -0.860. The van der Waals surface area contributed by atoms with Crippen molar-refractivity contribution in [1.29, 1.82) is 0 Å². The molecule has 17 heavy (non-hydrogen) atoms. The van der Waals surface area contributed by atoms with E-state index >= 15 is 0 Å². The van der Waals surface area contributed by atoms with Crippen LogP contribution in [0.15, 0.2) is 0 Å². The van der Waals surface area contributed by atoms with E-state index in [1.807, 2.05) is 0 Å². The van der Waals surface area contributed by atoms with Crippen LogP contribution in [0.25, 0.3) is 0 Å². The first-order valence-corrected chi connectivity index (χ1v) is 6.65. The number of carbonyl (C=O) groups excluding carboxylic acids is 1. The van der Waals surface area contributed by atoms with E-state index in [-0.39, 0.29) is 18.7 Å². The van der Waals surface area contributed by atoms with Crippen LogP contribution in [-0.2, 0) is 14.6 Å². The quantitative estimate of drug-likeness (QED) is 0.692. The van der Waals surface area contributed by atoms with Gasteiger partial charge in [0.25, 0.3) is 5.91 Å². The van der Waals surface area contributed by atoms with Crippen molar-refractivity contribution in [2.24, 2.45) is 0 Å². The van der Waals surface area contributed by atoms with E-state index in [0.717, 1.165) is 0 Å².